The van der Waals surface area contributed by atoms with Crippen molar-refractivity contribution in [3.05, 3.63) is 82.9 Å². The molecule has 1 atom stereocenters. The zero-order valence-electron chi connectivity index (χ0n) is 19.1. The van der Waals surface area contributed by atoms with Crippen LogP contribution in [-0.2, 0) is 21.0 Å². The van der Waals surface area contributed by atoms with Crippen molar-refractivity contribution < 1.29 is 26.5 Å². The molecule has 0 spiro atoms. The highest BCUT2D eigenvalue weighted by atomic mass is 32.2. The molecule has 0 radical (unpaired) electrons. The summed E-state index contributed by atoms with van der Waals surface area (Å²) in [6.45, 7) is 9.10. The molecule has 1 unspecified atom stereocenters. The Hall–Kier alpha value is -2.42. The minimum Gasteiger partial charge on any atom is -0.483 e. The quantitative estimate of drug-likeness (QED) is 0.312. The van der Waals surface area contributed by atoms with Crippen molar-refractivity contribution in [2.24, 2.45) is 0 Å². The lowest BCUT2D eigenvalue weighted by molar-refractivity contribution is -0.0236. The van der Waals surface area contributed by atoms with E-state index in [2.05, 4.69) is 36.4 Å². The largest absolute Gasteiger partial charge is 0.483 e. The van der Waals surface area contributed by atoms with Crippen molar-refractivity contribution in [1.29, 1.82) is 0 Å². The second-order valence-electron chi connectivity index (χ2n) is 8.22. The summed E-state index contributed by atoms with van der Waals surface area (Å²) >= 11 is 0. The van der Waals surface area contributed by atoms with Crippen LogP contribution in [0.2, 0.25) is 0 Å². The van der Waals surface area contributed by atoms with Gasteiger partial charge in [-0.1, -0.05) is 12.1 Å². The van der Waals surface area contributed by atoms with Crippen LogP contribution in [0.4, 0.5) is 8.78 Å². The maximum absolute atomic E-state index is 13.8. The number of aryl methyl sites for hydroxylation is 4. The fourth-order valence-corrected chi connectivity index (χ4v) is 6.55. The Labute approximate surface area is 196 Å². The van der Waals surface area contributed by atoms with E-state index in [1.807, 2.05) is 27.7 Å². The van der Waals surface area contributed by atoms with E-state index >= 15 is 0 Å². The number of hydrogen-bond acceptors (Lipinski definition) is 3. The average Bonchev–Trinajstić information content (AvgIpc) is 2.67. The van der Waals surface area contributed by atoms with Crippen LogP contribution in [0.15, 0.2) is 75.4 Å². The molecule has 0 amide bonds. The molecule has 0 saturated heterocycles. The van der Waals surface area contributed by atoms with Crippen LogP contribution >= 0.6 is 0 Å². The Kier molecular flexibility index (Phi) is 7.21. The second-order valence-corrected chi connectivity index (χ2v) is 11.7. The summed E-state index contributed by atoms with van der Waals surface area (Å²) < 4.78 is 63.6. The molecule has 3 aromatic rings. The van der Waals surface area contributed by atoms with Crippen molar-refractivity contribution in [3.63, 3.8) is 0 Å². The minimum absolute atomic E-state index is 0.0824. The molecule has 176 valence electrons. The molecule has 0 aliphatic heterocycles. The van der Waals surface area contributed by atoms with Gasteiger partial charge in [-0.2, -0.15) is 17.2 Å². The van der Waals surface area contributed by atoms with Gasteiger partial charge in [0, 0.05) is 0 Å². The maximum Gasteiger partial charge on any atom is 0.405 e. The molecule has 0 aromatic heterocycles. The molecule has 3 rings (SSSR count). The predicted molar refractivity (Wildman–Crippen MR) is 127 cm³/mol. The number of halogens is 2. The summed E-state index contributed by atoms with van der Waals surface area (Å²) in [5, 5.41) is -4.42. The van der Waals surface area contributed by atoms with Gasteiger partial charge in [0.05, 0.1) is 10.9 Å². The van der Waals surface area contributed by atoms with Gasteiger partial charge in [0.25, 0.3) is 0 Å². The molecular weight excluding hydrogens is 466 g/mol. The van der Waals surface area contributed by atoms with Crippen LogP contribution in [0.1, 0.15) is 29.2 Å². The normalized spacial score (nSPS) is 13.2. The summed E-state index contributed by atoms with van der Waals surface area (Å²) in [4.78, 5) is 3.24. The van der Waals surface area contributed by atoms with Gasteiger partial charge in [0.15, 0.2) is 20.8 Å². The Morgan fingerprint density at radius 1 is 0.788 bits per heavy atom. The lowest BCUT2D eigenvalue weighted by Gasteiger charge is -2.21. The Balaban J connectivity index is 2.01. The van der Waals surface area contributed by atoms with Crippen molar-refractivity contribution >= 4 is 21.0 Å². The monoisotopic (exact) mass is 493 g/mol. The number of alkyl halides is 2. The zero-order valence-corrected chi connectivity index (χ0v) is 20.7. The number of benzene rings is 3. The van der Waals surface area contributed by atoms with Crippen molar-refractivity contribution in [2.75, 3.05) is 0 Å². The van der Waals surface area contributed by atoms with E-state index < -0.39 is 32.4 Å². The zero-order chi connectivity index (χ0) is 24.6. The fraction of sp³-hybridized carbons (Fsp3) is 0.280. The third-order valence-corrected chi connectivity index (χ3v) is 8.23. The summed E-state index contributed by atoms with van der Waals surface area (Å²) in [6, 6.07) is 19.5. The van der Waals surface area contributed by atoms with E-state index in [9.17, 15) is 17.2 Å². The van der Waals surface area contributed by atoms with Gasteiger partial charge in [0.1, 0.15) is 5.75 Å². The van der Waals surface area contributed by atoms with Gasteiger partial charge in [-0.3, -0.25) is 4.55 Å². The first-order valence-corrected chi connectivity index (χ1v) is 13.0. The topological polar surface area (TPSA) is 63.6 Å². The average molecular weight is 494 g/mol. The SMILES string of the molecule is Cc1cc(C)cc([S+](c2ccc(OC(C)C(F)(F)S(=O)(=O)O)cc2)c2cc(C)cc(C)c2)c1. The molecule has 0 aliphatic carbocycles. The number of rotatable bonds is 7. The van der Waals surface area contributed by atoms with Gasteiger partial charge in [0.2, 0.25) is 0 Å². The first kappa shape index (κ1) is 25.2. The summed E-state index contributed by atoms with van der Waals surface area (Å²) in [6.07, 6.45) is -2.06. The lowest BCUT2D eigenvalue weighted by Crippen LogP contribution is -2.42. The molecule has 0 fully saturated rings. The van der Waals surface area contributed by atoms with E-state index in [1.165, 1.54) is 12.1 Å². The van der Waals surface area contributed by atoms with Crippen LogP contribution in [0.25, 0.3) is 0 Å². The molecule has 8 heteroatoms. The molecule has 33 heavy (non-hydrogen) atoms. The van der Waals surface area contributed by atoms with E-state index in [1.54, 1.807) is 12.1 Å². The summed E-state index contributed by atoms with van der Waals surface area (Å²) in [5.74, 6) is 0.0824. The summed E-state index contributed by atoms with van der Waals surface area (Å²) in [5.41, 5.74) is 4.59. The van der Waals surface area contributed by atoms with Crippen molar-refractivity contribution in [3.8, 4) is 5.75 Å². The van der Waals surface area contributed by atoms with Gasteiger partial charge in [-0.25, -0.2) is 0 Å². The van der Waals surface area contributed by atoms with E-state index in [0.717, 1.165) is 43.9 Å². The Bertz CT molecular complexity index is 1160. The standard InChI is InChI=1S/C25H26F2O4S2/c1-16-10-17(2)13-23(12-16)32(24-14-18(3)11-19(4)15-24)22-8-6-21(7-9-22)31-20(5)25(26,27)33(28,29)30/h6-15,20H,1-5H3/p+1. The highest BCUT2D eigenvalue weighted by molar-refractivity contribution is 7.97. The Morgan fingerprint density at radius 2 is 1.18 bits per heavy atom. The molecule has 0 saturated carbocycles. The third kappa shape index (κ3) is 5.75. The summed E-state index contributed by atoms with van der Waals surface area (Å²) in [7, 11) is -6.04. The molecule has 4 nitrogen and oxygen atoms in total. The molecule has 0 bridgehead atoms. The predicted octanol–water partition coefficient (Wildman–Crippen LogP) is 6.26. The molecular formula is C25H27F2O4S2+. The first-order chi connectivity index (χ1) is 15.3. The van der Waals surface area contributed by atoms with E-state index in [-0.39, 0.29) is 5.75 Å². The van der Waals surface area contributed by atoms with E-state index in [4.69, 9.17) is 9.29 Å². The fourth-order valence-electron chi connectivity index (χ4n) is 3.65. The number of hydrogen-bond donors (Lipinski definition) is 1. The molecule has 1 N–H and O–H groups in total. The van der Waals surface area contributed by atoms with Crippen LogP contribution in [0.5, 0.6) is 5.75 Å². The van der Waals surface area contributed by atoms with Crippen LogP contribution in [0.3, 0.4) is 0 Å². The highest BCUT2D eigenvalue weighted by Gasteiger charge is 2.51. The first-order valence-electron chi connectivity index (χ1n) is 10.3. The van der Waals surface area contributed by atoms with Crippen LogP contribution in [0, 0.1) is 27.7 Å². The smallest absolute Gasteiger partial charge is 0.405 e. The van der Waals surface area contributed by atoms with Crippen LogP contribution < -0.4 is 4.74 Å². The van der Waals surface area contributed by atoms with Crippen molar-refractivity contribution in [2.45, 2.75) is 60.7 Å². The number of ether oxygens (including phenoxy) is 1. The van der Waals surface area contributed by atoms with Crippen molar-refractivity contribution in [1.82, 2.24) is 0 Å². The van der Waals surface area contributed by atoms with Gasteiger partial charge in [-0.05, 0) is 105 Å². The molecule has 0 aliphatic rings. The lowest BCUT2D eigenvalue weighted by atomic mass is 10.2. The van der Waals surface area contributed by atoms with Gasteiger partial charge < -0.3 is 4.74 Å². The van der Waals surface area contributed by atoms with Gasteiger partial charge >= 0.3 is 15.4 Å². The second kappa shape index (κ2) is 9.44. The maximum atomic E-state index is 13.8. The highest BCUT2D eigenvalue weighted by Crippen LogP contribution is 2.35. The molecule has 0 heterocycles. The Morgan fingerprint density at radius 3 is 1.55 bits per heavy atom. The minimum atomic E-state index is -5.59. The molecule has 3 aromatic carbocycles. The third-order valence-electron chi connectivity index (χ3n) is 5.05. The van der Waals surface area contributed by atoms with Gasteiger partial charge in [-0.15, -0.1) is 0 Å². The van der Waals surface area contributed by atoms with Crippen LogP contribution in [-0.4, -0.2) is 24.3 Å². The van der Waals surface area contributed by atoms with E-state index in [0.29, 0.717) is 0 Å².